The first-order chi connectivity index (χ1) is 14.3. The molecule has 0 radical (unpaired) electrons. The summed E-state index contributed by atoms with van der Waals surface area (Å²) < 4.78 is 34.3. The minimum Gasteiger partial charge on any atom is -0.495 e. The fourth-order valence-corrected chi connectivity index (χ4v) is 5.70. The van der Waals surface area contributed by atoms with E-state index in [1.807, 2.05) is 31.2 Å². The number of methoxy groups -OCH3 is 1. The molecule has 0 bridgehead atoms. The highest BCUT2D eigenvalue weighted by Gasteiger charge is 2.29. The highest BCUT2D eigenvalue weighted by molar-refractivity contribution is 9.10. The number of hydrogen-bond donors (Lipinski definition) is 1. The Kier molecular flexibility index (Phi) is 7.55. The van der Waals surface area contributed by atoms with E-state index in [0.29, 0.717) is 13.1 Å². The van der Waals surface area contributed by atoms with E-state index < -0.39 is 10.0 Å². The van der Waals surface area contributed by atoms with E-state index >= 15 is 0 Å². The lowest BCUT2D eigenvalue weighted by atomic mass is 10.1. The van der Waals surface area contributed by atoms with Crippen LogP contribution in [0.1, 0.15) is 54.6 Å². The van der Waals surface area contributed by atoms with Gasteiger partial charge in [0.15, 0.2) is 0 Å². The molecule has 1 heterocycles. The van der Waals surface area contributed by atoms with E-state index in [1.54, 1.807) is 12.1 Å². The summed E-state index contributed by atoms with van der Waals surface area (Å²) in [5.41, 5.74) is 1.23. The Bertz CT molecular complexity index is 1000. The number of ether oxygens (including phenoxy) is 1. The predicted molar refractivity (Wildman–Crippen MR) is 120 cm³/mol. The molecule has 0 saturated carbocycles. The maximum absolute atomic E-state index is 13.3. The van der Waals surface area contributed by atoms with Gasteiger partial charge in [-0.05, 0) is 55.7 Å². The summed E-state index contributed by atoms with van der Waals surface area (Å²) in [6.07, 6.45) is 3.73. The van der Waals surface area contributed by atoms with Gasteiger partial charge in [-0.25, -0.2) is 8.42 Å². The van der Waals surface area contributed by atoms with Gasteiger partial charge in [-0.2, -0.15) is 4.31 Å². The summed E-state index contributed by atoms with van der Waals surface area (Å²) in [6, 6.07) is 12.0. The molecule has 30 heavy (non-hydrogen) atoms. The first kappa shape index (κ1) is 22.8. The largest absolute Gasteiger partial charge is 0.495 e. The summed E-state index contributed by atoms with van der Waals surface area (Å²) >= 11 is 3.43. The molecule has 1 amide bonds. The SMILES string of the molecule is COc1ccc(C(=O)N[C@@H](C)c2cccc(Br)c2)cc1S(=O)(=O)N1CCCCCC1. The minimum atomic E-state index is -3.75. The van der Waals surface area contributed by atoms with Crippen LogP contribution in [0.4, 0.5) is 0 Å². The van der Waals surface area contributed by atoms with Crippen molar-refractivity contribution in [3.8, 4) is 5.75 Å². The Morgan fingerprint density at radius 1 is 1.10 bits per heavy atom. The van der Waals surface area contributed by atoms with Gasteiger partial charge in [0.25, 0.3) is 5.91 Å². The zero-order valence-corrected chi connectivity index (χ0v) is 19.6. The molecule has 1 aliphatic rings. The summed E-state index contributed by atoms with van der Waals surface area (Å²) in [4.78, 5) is 12.9. The van der Waals surface area contributed by atoms with Crippen LogP contribution in [0.5, 0.6) is 5.75 Å². The summed E-state index contributed by atoms with van der Waals surface area (Å²) in [5, 5.41) is 2.94. The number of nitrogens with zero attached hydrogens (tertiary/aromatic N) is 1. The lowest BCUT2D eigenvalue weighted by Gasteiger charge is -2.22. The Morgan fingerprint density at radius 3 is 2.43 bits per heavy atom. The van der Waals surface area contributed by atoms with Crippen LogP contribution >= 0.6 is 15.9 Å². The average molecular weight is 495 g/mol. The lowest BCUT2D eigenvalue weighted by molar-refractivity contribution is 0.0939. The molecule has 0 unspecified atom stereocenters. The van der Waals surface area contributed by atoms with Crippen LogP contribution in [0, 0.1) is 0 Å². The van der Waals surface area contributed by atoms with Crippen molar-refractivity contribution in [3.63, 3.8) is 0 Å². The van der Waals surface area contributed by atoms with Crippen molar-refractivity contribution in [1.29, 1.82) is 0 Å². The van der Waals surface area contributed by atoms with Gasteiger partial charge < -0.3 is 10.1 Å². The van der Waals surface area contributed by atoms with Crippen molar-refractivity contribution in [2.45, 2.75) is 43.5 Å². The third kappa shape index (κ3) is 5.22. The third-order valence-electron chi connectivity index (χ3n) is 5.30. The normalized spacial score (nSPS) is 16.5. The number of hydrogen-bond acceptors (Lipinski definition) is 4. The van der Waals surface area contributed by atoms with Crippen LogP contribution < -0.4 is 10.1 Å². The fourth-order valence-electron chi connectivity index (χ4n) is 3.58. The number of nitrogens with one attached hydrogen (secondary N) is 1. The minimum absolute atomic E-state index is 0.0367. The van der Waals surface area contributed by atoms with Gasteiger partial charge in [0.2, 0.25) is 10.0 Å². The molecule has 162 valence electrons. The Labute approximate surface area is 186 Å². The van der Waals surface area contributed by atoms with Crippen LogP contribution in [-0.4, -0.2) is 38.8 Å². The van der Waals surface area contributed by atoms with Gasteiger partial charge in [-0.1, -0.05) is 40.9 Å². The first-order valence-corrected chi connectivity index (χ1v) is 12.3. The molecule has 1 fully saturated rings. The summed E-state index contributed by atoms with van der Waals surface area (Å²) in [7, 11) is -2.31. The van der Waals surface area contributed by atoms with Gasteiger partial charge >= 0.3 is 0 Å². The standard InChI is InChI=1S/C22H27BrN2O4S/c1-16(17-8-7-9-19(23)14-17)24-22(26)18-10-11-20(29-2)21(15-18)30(27,28)25-12-5-3-4-6-13-25/h7-11,14-16H,3-6,12-13H2,1-2H3,(H,24,26)/t16-/m0/s1. The maximum Gasteiger partial charge on any atom is 0.251 e. The van der Waals surface area contributed by atoms with E-state index in [1.165, 1.54) is 17.5 Å². The Balaban J connectivity index is 1.87. The molecule has 1 saturated heterocycles. The molecule has 0 aliphatic carbocycles. The van der Waals surface area contributed by atoms with Crippen LogP contribution in [0.15, 0.2) is 51.8 Å². The van der Waals surface area contributed by atoms with Crippen LogP contribution in [0.3, 0.4) is 0 Å². The molecule has 8 heteroatoms. The number of benzene rings is 2. The second-order valence-electron chi connectivity index (χ2n) is 7.43. The molecule has 0 spiro atoms. The van der Waals surface area contributed by atoms with Crippen molar-refractivity contribution >= 4 is 31.9 Å². The van der Waals surface area contributed by atoms with E-state index in [9.17, 15) is 13.2 Å². The number of carbonyl (C=O) groups excluding carboxylic acids is 1. The van der Waals surface area contributed by atoms with Crippen molar-refractivity contribution in [2.24, 2.45) is 0 Å². The van der Waals surface area contributed by atoms with Gasteiger partial charge in [-0.3, -0.25) is 4.79 Å². The number of sulfonamides is 1. The molecule has 0 aromatic heterocycles. The number of halogens is 1. The molecule has 2 aromatic carbocycles. The quantitative estimate of drug-likeness (QED) is 0.640. The van der Waals surface area contributed by atoms with Crippen LogP contribution in [0.2, 0.25) is 0 Å². The summed E-state index contributed by atoms with van der Waals surface area (Å²) in [6.45, 7) is 2.86. The zero-order valence-electron chi connectivity index (χ0n) is 17.2. The van der Waals surface area contributed by atoms with E-state index in [-0.39, 0.29) is 28.2 Å². The average Bonchev–Trinajstić information content (AvgIpc) is 3.03. The Hall–Kier alpha value is -1.90. The second-order valence-corrected chi connectivity index (χ2v) is 10.3. The van der Waals surface area contributed by atoms with Gasteiger partial charge in [0.05, 0.1) is 13.2 Å². The van der Waals surface area contributed by atoms with Gasteiger partial charge in [0, 0.05) is 23.1 Å². The predicted octanol–water partition coefficient (Wildman–Crippen LogP) is 4.51. The van der Waals surface area contributed by atoms with Crippen LogP contribution in [0.25, 0.3) is 0 Å². The van der Waals surface area contributed by atoms with E-state index in [2.05, 4.69) is 21.2 Å². The fraction of sp³-hybridized carbons (Fsp3) is 0.409. The smallest absolute Gasteiger partial charge is 0.251 e. The molecule has 2 aromatic rings. The topological polar surface area (TPSA) is 75.7 Å². The van der Waals surface area contributed by atoms with E-state index in [0.717, 1.165) is 35.7 Å². The van der Waals surface area contributed by atoms with Crippen molar-refractivity contribution in [3.05, 3.63) is 58.1 Å². The molecule has 1 aliphatic heterocycles. The summed E-state index contributed by atoms with van der Waals surface area (Å²) in [5.74, 6) is -0.0896. The first-order valence-electron chi connectivity index (χ1n) is 10.1. The van der Waals surface area contributed by atoms with Gasteiger partial charge in [0.1, 0.15) is 10.6 Å². The maximum atomic E-state index is 13.3. The van der Waals surface area contributed by atoms with Crippen molar-refractivity contribution in [2.75, 3.05) is 20.2 Å². The highest BCUT2D eigenvalue weighted by atomic mass is 79.9. The lowest BCUT2D eigenvalue weighted by Crippen LogP contribution is -2.32. The number of amides is 1. The Morgan fingerprint density at radius 2 is 1.80 bits per heavy atom. The monoisotopic (exact) mass is 494 g/mol. The molecule has 1 atom stereocenters. The van der Waals surface area contributed by atoms with Gasteiger partial charge in [-0.15, -0.1) is 0 Å². The molecule has 1 N–H and O–H groups in total. The third-order valence-corrected chi connectivity index (χ3v) is 7.72. The molecular formula is C22H27BrN2O4S. The molecular weight excluding hydrogens is 468 g/mol. The van der Waals surface area contributed by atoms with Crippen molar-refractivity contribution in [1.82, 2.24) is 9.62 Å². The number of rotatable bonds is 6. The highest BCUT2D eigenvalue weighted by Crippen LogP contribution is 2.29. The second kappa shape index (κ2) is 9.94. The molecule has 3 rings (SSSR count). The van der Waals surface area contributed by atoms with Crippen molar-refractivity contribution < 1.29 is 17.9 Å². The zero-order chi connectivity index (χ0) is 21.7. The van der Waals surface area contributed by atoms with Crippen LogP contribution in [-0.2, 0) is 10.0 Å². The van der Waals surface area contributed by atoms with E-state index in [4.69, 9.17) is 4.74 Å². The number of carbonyl (C=O) groups is 1. The molecule has 6 nitrogen and oxygen atoms in total.